The van der Waals surface area contributed by atoms with E-state index in [1.54, 1.807) is 12.1 Å². The van der Waals surface area contributed by atoms with E-state index in [0.29, 0.717) is 17.9 Å². The molecule has 1 aliphatic rings. The van der Waals surface area contributed by atoms with Crippen LogP contribution >= 0.6 is 0 Å². The molecule has 142 valence electrons. The van der Waals surface area contributed by atoms with Crippen LogP contribution in [0.2, 0.25) is 0 Å². The van der Waals surface area contributed by atoms with Gasteiger partial charge in [-0.3, -0.25) is 4.79 Å². The molecule has 0 radical (unpaired) electrons. The molecular weight excluding hydrogens is 365 g/mol. The van der Waals surface area contributed by atoms with E-state index >= 15 is 0 Å². The number of rotatable bonds is 4. The molecule has 0 fully saturated rings. The van der Waals surface area contributed by atoms with E-state index in [1.165, 1.54) is 12.1 Å². The van der Waals surface area contributed by atoms with Crippen LogP contribution in [0.4, 0.5) is 13.2 Å². The number of ether oxygens (including phenoxy) is 1. The summed E-state index contributed by atoms with van der Waals surface area (Å²) in [5.74, 6) is 0.389. The molecule has 0 saturated carbocycles. The largest absolute Gasteiger partial charge is 0.493 e. The number of carbonyl (C=O) groups excluding carboxylic acids is 1. The highest BCUT2D eigenvalue weighted by molar-refractivity contribution is 6.10. The van der Waals surface area contributed by atoms with E-state index in [9.17, 15) is 18.0 Å². The molecule has 0 N–H and O–H groups in total. The second-order valence-corrected chi connectivity index (χ2v) is 6.82. The summed E-state index contributed by atoms with van der Waals surface area (Å²) in [6.07, 6.45) is -3.70. The van der Waals surface area contributed by atoms with Crippen LogP contribution in [-0.4, -0.2) is 12.4 Å². The lowest BCUT2D eigenvalue weighted by atomic mass is 9.87. The average molecular weight is 382 g/mol. The normalized spacial score (nSPS) is 15.8. The fourth-order valence-corrected chi connectivity index (χ4v) is 3.59. The number of fused-ring (bicyclic) bond motifs is 1. The number of ketones is 1. The molecule has 0 amide bonds. The Morgan fingerprint density at radius 3 is 2.32 bits per heavy atom. The summed E-state index contributed by atoms with van der Waals surface area (Å²) >= 11 is 0. The summed E-state index contributed by atoms with van der Waals surface area (Å²) in [5, 5.41) is 0. The molecule has 0 aliphatic carbocycles. The minimum absolute atomic E-state index is 0.0204. The van der Waals surface area contributed by atoms with Gasteiger partial charge in [0.05, 0.1) is 12.2 Å². The summed E-state index contributed by atoms with van der Waals surface area (Å²) < 4.78 is 44.1. The zero-order chi connectivity index (χ0) is 19.7. The zero-order valence-corrected chi connectivity index (χ0v) is 14.9. The first-order valence-corrected chi connectivity index (χ1v) is 8.95. The molecule has 1 heterocycles. The highest BCUT2D eigenvalue weighted by Crippen LogP contribution is 2.39. The molecule has 1 aliphatic heterocycles. The van der Waals surface area contributed by atoms with Crippen molar-refractivity contribution in [2.24, 2.45) is 0 Å². The minimum Gasteiger partial charge on any atom is -0.493 e. The fourth-order valence-electron chi connectivity index (χ4n) is 3.59. The lowest BCUT2D eigenvalue weighted by Gasteiger charge is -2.13. The Morgan fingerprint density at radius 1 is 0.929 bits per heavy atom. The van der Waals surface area contributed by atoms with Gasteiger partial charge in [0.25, 0.3) is 0 Å². The maximum absolute atomic E-state index is 13.0. The summed E-state index contributed by atoms with van der Waals surface area (Å²) in [4.78, 5) is 13.0. The van der Waals surface area contributed by atoms with Crippen LogP contribution in [0.1, 0.15) is 38.5 Å². The van der Waals surface area contributed by atoms with Crippen LogP contribution in [-0.2, 0) is 12.6 Å². The van der Waals surface area contributed by atoms with Gasteiger partial charge in [0.1, 0.15) is 5.75 Å². The molecule has 0 bridgehead atoms. The SMILES string of the molecule is O=C(c1ccc(C(F)(F)F)cc1)c1cccc2c1[C@H](Cc1ccccc1)CO2. The third-order valence-corrected chi connectivity index (χ3v) is 4.96. The van der Waals surface area contributed by atoms with Gasteiger partial charge in [-0.05, 0) is 30.2 Å². The standard InChI is InChI=1S/C23H17F3O2/c24-23(25,26)18-11-9-16(10-12-18)22(27)19-7-4-8-20-21(19)17(14-28-20)13-15-5-2-1-3-6-15/h1-12,17H,13-14H2/t17-/m1/s1. The Balaban J connectivity index is 1.66. The minimum atomic E-state index is -4.43. The van der Waals surface area contributed by atoms with E-state index in [2.05, 4.69) is 0 Å². The van der Waals surface area contributed by atoms with Crippen LogP contribution in [0.5, 0.6) is 5.75 Å². The highest BCUT2D eigenvalue weighted by atomic mass is 19.4. The molecular formula is C23H17F3O2. The van der Waals surface area contributed by atoms with Crippen molar-refractivity contribution in [2.45, 2.75) is 18.5 Å². The van der Waals surface area contributed by atoms with Gasteiger partial charge in [0.2, 0.25) is 0 Å². The van der Waals surface area contributed by atoms with Gasteiger partial charge in [0.15, 0.2) is 5.78 Å². The quantitative estimate of drug-likeness (QED) is 0.545. The molecule has 1 atom stereocenters. The van der Waals surface area contributed by atoms with Gasteiger partial charge >= 0.3 is 6.18 Å². The Bertz CT molecular complexity index is 993. The van der Waals surface area contributed by atoms with E-state index in [0.717, 1.165) is 29.7 Å². The van der Waals surface area contributed by atoms with Crippen LogP contribution < -0.4 is 4.74 Å². The number of hydrogen-bond acceptors (Lipinski definition) is 2. The second kappa shape index (κ2) is 7.15. The van der Waals surface area contributed by atoms with Gasteiger partial charge in [-0.2, -0.15) is 13.2 Å². The third kappa shape index (κ3) is 3.52. The van der Waals surface area contributed by atoms with Crippen LogP contribution in [0.25, 0.3) is 0 Å². The molecule has 3 aromatic rings. The fraction of sp³-hybridized carbons (Fsp3) is 0.174. The molecule has 2 nitrogen and oxygen atoms in total. The maximum Gasteiger partial charge on any atom is 0.416 e. The van der Waals surface area contributed by atoms with Gasteiger partial charge in [0, 0.05) is 22.6 Å². The van der Waals surface area contributed by atoms with E-state index in [-0.39, 0.29) is 17.3 Å². The monoisotopic (exact) mass is 382 g/mol. The van der Waals surface area contributed by atoms with Crippen molar-refractivity contribution >= 4 is 5.78 Å². The molecule has 0 unspecified atom stereocenters. The van der Waals surface area contributed by atoms with Crippen molar-refractivity contribution in [3.8, 4) is 5.75 Å². The van der Waals surface area contributed by atoms with E-state index < -0.39 is 11.7 Å². The Kier molecular flexibility index (Phi) is 4.67. The van der Waals surface area contributed by atoms with Gasteiger partial charge in [-0.15, -0.1) is 0 Å². The van der Waals surface area contributed by atoms with Gasteiger partial charge < -0.3 is 4.74 Å². The number of halogens is 3. The van der Waals surface area contributed by atoms with Crippen molar-refractivity contribution in [1.82, 2.24) is 0 Å². The zero-order valence-electron chi connectivity index (χ0n) is 14.9. The number of alkyl halides is 3. The van der Waals surface area contributed by atoms with Crippen LogP contribution in [0.3, 0.4) is 0 Å². The Hall–Kier alpha value is -3.08. The first-order valence-electron chi connectivity index (χ1n) is 8.95. The summed E-state index contributed by atoms with van der Waals surface area (Å²) in [7, 11) is 0. The van der Waals surface area contributed by atoms with Crippen molar-refractivity contribution in [3.05, 3.63) is 101 Å². The lowest BCUT2D eigenvalue weighted by molar-refractivity contribution is -0.137. The highest BCUT2D eigenvalue weighted by Gasteiger charge is 2.32. The average Bonchev–Trinajstić information content (AvgIpc) is 3.11. The van der Waals surface area contributed by atoms with Crippen molar-refractivity contribution < 1.29 is 22.7 Å². The number of benzene rings is 3. The smallest absolute Gasteiger partial charge is 0.416 e. The molecule has 0 spiro atoms. The number of hydrogen-bond donors (Lipinski definition) is 0. The Morgan fingerprint density at radius 2 is 1.64 bits per heavy atom. The maximum atomic E-state index is 13.0. The number of carbonyl (C=O) groups is 1. The summed E-state index contributed by atoms with van der Waals surface area (Å²) in [6, 6.07) is 19.5. The van der Waals surface area contributed by atoms with Gasteiger partial charge in [-0.1, -0.05) is 54.6 Å². The van der Waals surface area contributed by atoms with Crippen molar-refractivity contribution in [1.29, 1.82) is 0 Å². The predicted molar refractivity (Wildman–Crippen MR) is 99.7 cm³/mol. The Labute approximate surface area is 160 Å². The third-order valence-electron chi connectivity index (χ3n) is 4.96. The second-order valence-electron chi connectivity index (χ2n) is 6.82. The van der Waals surface area contributed by atoms with E-state index in [4.69, 9.17) is 4.74 Å². The molecule has 28 heavy (non-hydrogen) atoms. The molecule has 3 aromatic carbocycles. The topological polar surface area (TPSA) is 26.3 Å². The van der Waals surface area contributed by atoms with Gasteiger partial charge in [-0.25, -0.2) is 0 Å². The van der Waals surface area contributed by atoms with E-state index in [1.807, 2.05) is 36.4 Å². The molecule has 4 rings (SSSR count). The molecule has 0 aromatic heterocycles. The first-order chi connectivity index (χ1) is 13.4. The first kappa shape index (κ1) is 18.3. The summed E-state index contributed by atoms with van der Waals surface area (Å²) in [6.45, 7) is 0.474. The van der Waals surface area contributed by atoms with Crippen LogP contribution in [0.15, 0.2) is 72.8 Å². The van der Waals surface area contributed by atoms with Crippen molar-refractivity contribution in [3.63, 3.8) is 0 Å². The molecule has 5 heteroatoms. The van der Waals surface area contributed by atoms with Crippen molar-refractivity contribution in [2.75, 3.05) is 6.61 Å². The lowest BCUT2D eigenvalue weighted by Crippen LogP contribution is -2.11. The van der Waals surface area contributed by atoms with Crippen LogP contribution in [0, 0.1) is 0 Å². The molecule has 0 saturated heterocycles. The summed E-state index contributed by atoms with van der Waals surface area (Å²) in [5.41, 5.74) is 1.91. The predicted octanol–water partition coefficient (Wildman–Crippen LogP) is 5.66.